The molecule has 214 valence electrons. The molecule has 2 aromatic carbocycles. The molecular formula is C31H38N2O6S. The first-order valence-electron chi connectivity index (χ1n) is 13.8. The van der Waals surface area contributed by atoms with E-state index in [2.05, 4.69) is 11.9 Å². The van der Waals surface area contributed by atoms with Crippen LogP contribution >= 0.6 is 0 Å². The van der Waals surface area contributed by atoms with E-state index in [9.17, 15) is 13.2 Å². The molecule has 1 aliphatic rings. The zero-order valence-corrected chi connectivity index (χ0v) is 24.0. The first-order chi connectivity index (χ1) is 19.4. The van der Waals surface area contributed by atoms with Gasteiger partial charge in [-0.15, -0.1) is 0 Å². The molecule has 8 nitrogen and oxygen atoms in total. The average molecular weight is 567 g/mol. The van der Waals surface area contributed by atoms with Crippen LogP contribution in [0.4, 0.5) is 0 Å². The number of benzene rings is 2. The van der Waals surface area contributed by atoms with Gasteiger partial charge in [0, 0.05) is 25.5 Å². The van der Waals surface area contributed by atoms with Crippen molar-refractivity contribution in [1.29, 1.82) is 0 Å². The Morgan fingerprint density at radius 3 is 2.25 bits per heavy atom. The number of carbonyl (C=O) groups excluding carboxylic acids is 1. The number of pyridine rings is 1. The minimum absolute atomic E-state index is 0.00818. The minimum atomic E-state index is -4.10. The van der Waals surface area contributed by atoms with E-state index in [1.807, 2.05) is 30.3 Å². The van der Waals surface area contributed by atoms with Crippen LogP contribution in [-0.2, 0) is 37.4 Å². The van der Waals surface area contributed by atoms with Crippen LogP contribution in [0.15, 0.2) is 84.0 Å². The van der Waals surface area contributed by atoms with Crippen molar-refractivity contribution in [2.45, 2.75) is 69.2 Å². The standard InChI is InChI=1S/C31H38N2O6S/c1-3-21-38-28-11-9-26(10-12-28)30(31(34)39-23-25-7-5-4-6-8-25)33(22-24-17-19-32-20-18-24)40(35,36)29-15-13-27(37-2)14-16-29/h4-8,13-20,26,28,30H,3,9-12,21-23H2,1-2H3/t26?,28?,30-/m1/s1. The number of hydrogen-bond donors (Lipinski definition) is 0. The molecule has 1 aliphatic carbocycles. The molecular weight excluding hydrogens is 528 g/mol. The van der Waals surface area contributed by atoms with Crippen LogP contribution < -0.4 is 4.74 Å². The molecule has 0 bridgehead atoms. The number of ether oxygens (including phenoxy) is 3. The molecule has 1 saturated carbocycles. The smallest absolute Gasteiger partial charge is 0.325 e. The van der Waals surface area contributed by atoms with Crippen LogP contribution in [0.3, 0.4) is 0 Å². The third-order valence-electron chi connectivity index (χ3n) is 7.25. The number of hydrogen-bond acceptors (Lipinski definition) is 7. The van der Waals surface area contributed by atoms with Crippen molar-refractivity contribution in [2.24, 2.45) is 5.92 Å². The van der Waals surface area contributed by atoms with E-state index < -0.39 is 22.0 Å². The van der Waals surface area contributed by atoms with E-state index in [-0.39, 0.29) is 30.1 Å². The predicted octanol–water partition coefficient (Wildman–Crippen LogP) is 5.38. The van der Waals surface area contributed by atoms with Gasteiger partial charge in [-0.1, -0.05) is 37.3 Å². The fourth-order valence-electron chi connectivity index (χ4n) is 5.10. The normalized spacial score (nSPS) is 18.3. The highest BCUT2D eigenvalue weighted by molar-refractivity contribution is 7.89. The van der Waals surface area contributed by atoms with E-state index in [1.165, 1.54) is 23.5 Å². The maximum absolute atomic E-state index is 14.2. The first-order valence-corrected chi connectivity index (χ1v) is 15.2. The van der Waals surface area contributed by atoms with Gasteiger partial charge in [0.15, 0.2) is 0 Å². The highest BCUT2D eigenvalue weighted by atomic mass is 32.2. The van der Waals surface area contributed by atoms with Gasteiger partial charge >= 0.3 is 5.97 Å². The second kappa shape index (κ2) is 14.4. The molecule has 1 heterocycles. The van der Waals surface area contributed by atoms with Crippen molar-refractivity contribution in [3.05, 3.63) is 90.3 Å². The Kier molecular flexibility index (Phi) is 10.7. The number of rotatable bonds is 13. The molecule has 0 saturated heterocycles. The summed E-state index contributed by atoms with van der Waals surface area (Å²) in [6, 6.07) is 18.2. The largest absolute Gasteiger partial charge is 0.497 e. The van der Waals surface area contributed by atoms with Gasteiger partial charge in [0.05, 0.1) is 18.1 Å². The zero-order valence-electron chi connectivity index (χ0n) is 23.1. The van der Waals surface area contributed by atoms with Gasteiger partial charge in [0.25, 0.3) is 0 Å². The molecule has 40 heavy (non-hydrogen) atoms. The third kappa shape index (κ3) is 7.68. The summed E-state index contributed by atoms with van der Waals surface area (Å²) in [5.41, 5.74) is 1.57. The quantitative estimate of drug-likeness (QED) is 0.257. The number of esters is 1. The van der Waals surface area contributed by atoms with Gasteiger partial charge in [-0.3, -0.25) is 9.78 Å². The Labute approximate surface area is 237 Å². The second-order valence-corrected chi connectivity index (χ2v) is 11.9. The lowest BCUT2D eigenvalue weighted by atomic mass is 9.82. The first kappa shape index (κ1) is 29.7. The molecule has 3 aromatic rings. The zero-order chi connectivity index (χ0) is 28.4. The lowest BCUT2D eigenvalue weighted by Crippen LogP contribution is -2.50. The van der Waals surface area contributed by atoms with Gasteiger partial charge in [0.1, 0.15) is 18.4 Å². The van der Waals surface area contributed by atoms with Crippen LogP contribution in [0.1, 0.15) is 50.2 Å². The lowest BCUT2D eigenvalue weighted by molar-refractivity contribution is -0.152. The van der Waals surface area contributed by atoms with Crippen LogP contribution in [-0.4, -0.2) is 49.5 Å². The van der Waals surface area contributed by atoms with Crippen molar-refractivity contribution >= 4 is 16.0 Å². The summed E-state index contributed by atoms with van der Waals surface area (Å²) >= 11 is 0. The topological polar surface area (TPSA) is 95.0 Å². The maximum Gasteiger partial charge on any atom is 0.325 e. The van der Waals surface area contributed by atoms with Gasteiger partial charge in [-0.25, -0.2) is 8.42 Å². The fourth-order valence-corrected chi connectivity index (χ4v) is 6.73. The molecule has 0 amide bonds. The second-order valence-electron chi connectivity index (χ2n) is 10.0. The van der Waals surface area contributed by atoms with Gasteiger partial charge in [-0.2, -0.15) is 4.31 Å². The minimum Gasteiger partial charge on any atom is -0.497 e. The fraction of sp³-hybridized carbons (Fsp3) is 0.419. The van der Waals surface area contributed by atoms with Gasteiger partial charge in [-0.05, 0) is 85.5 Å². The number of sulfonamides is 1. The molecule has 0 aliphatic heterocycles. The Bertz CT molecular complexity index is 1290. The number of methoxy groups -OCH3 is 1. The number of nitrogens with zero attached hydrogens (tertiary/aromatic N) is 2. The molecule has 1 atom stereocenters. The summed E-state index contributed by atoms with van der Waals surface area (Å²) in [5.74, 6) is -0.226. The highest BCUT2D eigenvalue weighted by Crippen LogP contribution is 2.35. The molecule has 0 N–H and O–H groups in total. The summed E-state index contributed by atoms with van der Waals surface area (Å²) in [5, 5.41) is 0. The monoisotopic (exact) mass is 566 g/mol. The highest BCUT2D eigenvalue weighted by Gasteiger charge is 2.43. The Hall–Kier alpha value is -3.27. The molecule has 4 rings (SSSR count). The Morgan fingerprint density at radius 1 is 0.950 bits per heavy atom. The summed E-state index contributed by atoms with van der Waals surface area (Å²) in [6.45, 7) is 2.84. The summed E-state index contributed by atoms with van der Waals surface area (Å²) in [7, 11) is -2.58. The molecule has 1 fully saturated rings. The number of carbonyl (C=O) groups is 1. The van der Waals surface area contributed by atoms with Crippen LogP contribution in [0.2, 0.25) is 0 Å². The molecule has 0 unspecified atom stereocenters. The van der Waals surface area contributed by atoms with Crippen molar-refractivity contribution < 1.29 is 27.4 Å². The Morgan fingerprint density at radius 2 is 1.62 bits per heavy atom. The SMILES string of the molecule is CCCOC1CCC([C@H](C(=O)OCc2ccccc2)N(Cc2ccncc2)S(=O)(=O)c2ccc(OC)cc2)CC1. The van der Waals surface area contributed by atoms with Crippen molar-refractivity contribution in [2.75, 3.05) is 13.7 Å². The van der Waals surface area contributed by atoms with Crippen molar-refractivity contribution in [3.63, 3.8) is 0 Å². The van der Waals surface area contributed by atoms with E-state index in [1.54, 1.807) is 36.7 Å². The summed E-state index contributed by atoms with van der Waals surface area (Å²) < 4.78 is 46.8. The van der Waals surface area contributed by atoms with Crippen LogP contribution in [0.25, 0.3) is 0 Å². The van der Waals surface area contributed by atoms with Crippen molar-refractivity contribution in [1.82, 2.24) is 9.29 Å². The predicted molar refractivity (Wildman–Crippen MR) is 152 cm³/mol. The third-order valence-corrected chi connectivity index (χ3v) is 9.09. The maximum atomic E-state index is 14.2. The van der Waals surface area contributed by atoms with Crippen LogP contribution in [0.5, 0.6) is 5.75 Å². The molecule has 0 radical (unpaired) electrons. The summed E-state index contributed by atoms with van der Waals surface area (Å²) in [4.78, 5) is 18.0. The van der Waals surface area contributed by atoms with Gasteiger partial charge < -0.3 is 14.2 Å². The van der Waals surface area contributed by atoms with E-state index in [4.69, 9.17) is 14.2 Å². The molecule has 0 spiro atoms. The van der Waals surface area contributed by atoms with E-state index in [0.29, 0.717) is 25.2 Å². The molecule has 9 heteroatoms. The van der Waals surface area contributed by atoms with Crippen molar-refractivity contribution in [3.8, 4) is 5.75 Å². The van der Waals surface area contributed by atoms with Crippen LogP contribution in [0, 0.1) is 5.92 Å². The van der Waals surface area contributed by atoms with E-state index >= 15 is 0 Å². The van der Waals surface area contributed by atoms with Gasteiger partial charge in [0.2, 0.25) is 10.0 Å². The lowest BCUT2D eigenvalue weighted by Gasteiger charge is -2.38. The average Bonchev–Trinajstić information content (AvgIpc) is 3.00. The molecule has 1 aromatic heterocycles. The summed E-state index contributed by atoms with van der Waals surface area (Å²) in [6.07, 6.45) is 7.13. The number of aromatic nitrogens is 1. The Balaban J connectivity index is 1.69. The van der Waals surface area contributed by atoms with E-state index in [0.717, 1.165) is 30.4 Å².